The van der Waals surface area contributed by atoms with Gasteiger partial charge in [-0.15, -0.1) is 0 Å². The summed E-state index contributed by atoms with van der Waals surface area (Å²) in [6.45, 7) is 1.99. The summed E-state index contributed by atoms with van der Waals surface area (Å²) in [5.74, 6) is 0.362. The first-order valence-electron chi connectivity index (χ1n) is 9.76. The minimum absolute atomic E-state index is 0.0130. The molecule has 1 aliphatic carbocycles. The lowest BCUT2D eigenvalue weighted by molar-refractivity contribution is -0.123. The maximum absolute atomic E-state index is 13.1. The second kappa shape index (κ2) is 7.89. The molecule has 0 unspecified atom stereocenters. The Bertz CT molecular complexity index is 929. The van der Waals surface area contributed by atoms with E-state index in [-0.39, 0.29) is 30.2 Å². The highest BCUT2D eigenvalue weighted by molar-refractivity contribution is 6.12. The van der Waals surface area contributed by atoms with Gasteiger partial charge in [-0.1, -0.05) is 54.8 Å². The highest BCUT2D eigenvalue weighted by atomic mass is 16.5. The Labute approximate surface area is 165 Å². The van der Waals surface area contributed by atoms with E-state index in [1.54, 1.807) is 12.1 Å². The van der Waals surface area contributed by atoms with E-state index in [1.165, 1.54) is 4.90 Å². The van der Waals surface area contributed by atoms with E-state index in [0.29, 0.717) is 11.4 Å². The first kappa shape index (κ1) is 18.3. The summed E-state index contributed by atoms with van der Waals surface area (Å²) in [5, 5.41) is 3.06. The van der Waals surface area contributed by atoms with Crippen LogP contribution in [-0.4, -0.2) is 24.4 Å². The van der Waals surface area contributed by atoms with Crippen LogP contribution in [0.2, 0.25) is 0 Å². The molecule has 0 radical (unpaired) electrons. The average Bonchev–Trinajstić information content (AvgIpc) is 3.18. The maximum Gasteiger partial charge on any atom is 0.294 e. The summed E-state index contributed by atoms with van der Waals surface area (Å²) in [6, 6.07) is 15.4. The molecule has 0 bridgehead atoms. The number of hydrogen-bond acceptors (Lipinski definition) is 3. The average molecular weight is 376 g/mol. The summed E-state index contributed by atoms with van der Waals surface area (Å²) >= 11 is 0. The van der Waals surface area contributed by atoms with E-state index in [0.717, 1.165) is 36.8 Å². The number of rotatable bonds is 4. The van der Waals surface area contributed by atoms with Crippen molar-refractivity contribution in [3.63, 3.8) is 0 Å². The van der Waals surface area contributed by atoms with E-state index in [9.17, 15) is 9.59 Å². The molecule has 0 spiro atoms. The SMILES string of the molecule is Cc1cccc(C=C2Oc3ccccc3N(CC(=O)NC3CCCC3)C2=O)c1. The van der Waals surface area contributed by atoms with Gasteiger partial charge in [0.2, 0.25) is 5.91 Å². The summed E-state index contributed by atoms with van der Waals surface area (Å²) < 4.78 is 5.87. The van der Waals surface area contributed by atoms with E-state index in [2.05, 4.69) is 5.32 Å². The molecule has 1 aliphatic heterocycles. The van der Waals surface area contributed by atoms with E-state index >= 15 is 0 Å². The van der Waals surface area contributed by atoms with Gasteiger partial charge in [0, 0.05) is 6.04 Å². The molecule has 5 heteroatoms. The Hall–Kier alpha value is -3.08. The number of ether oxygens (including phenoxy) is 1. The Morgan fingerprint density at radius 1 is 1.18 bits per heavy atom. The molecule has 0 saturated heterocycles. The van der Waals surface area contributed by atoms with Gasteiger partial charge in [-0.2, -0.15) is 0 Å². The number of aryl methyl sites for hydroxylation is 1. The molecule has 0 aromatic heterocycles. The van der Waals surface area contributed by atoms with Crippen LogP contribution in [0.3, 0.4) is 0 Å². The zero-order valence-electron chi connectivity index (χ0n) is 16.0. The quantitative estimate of drug-likeness (QED) is 0.826. The first-order chi connectivity index (χ1) is 13.6. The number of amides is 2. The molecule has 2 aromatic carbocycles. The van der Waals surface area contributed by atoms with Crippen molar-refractivity contribution in [3.05, 3.63) is 65.4 Å². The van der Waals surface area contributed by atoms with Crippen molar-refractivity contribution in [2.75, 3.05) is 11.4 Å². The third-order valence-electron chi connectivity index (χ3n) is 5.19. The van der Waals surface area contributed by atoms with Gasteiger partial charge in [0.1, 0.15) is 6.54 Å². The molecule has 4 rings (SSSR count). The predicted octanol–water partition coefficient (Wildman–Crippen LogP) is 3.82. The number of para-hydroxylation sites is 2. The normalized spacial score (nSPS) is 18.1. The second-order valence-electron chi connectivity index (χ2n) is 7.43. The number of hydrogen-bond donors (Lipinski definition) is 1. The molecular formula is C23H24N2O3. The van der Waals surface area contributed by atoms with Gasteiger partial charge in [0.25, 0.3) is 5.91 Å². The third kappa shape index (κ3) is 3.93. The van der Waals surface area contributed by atoms with E-state index in [1.807, 2.05) is 49.4 Å². The van der Waals surface area contributed by atoms with Crippen LogP contribution in [0.1, 0.15) is 36.8 Å². The Morgan fingerprint density at radius 3 is 2.75 bits per heavy atom. The molecule has 1 saturated carbocycles. The zero-order chi connectivity index (χ0) is 19.5. The van der Waals surface area contributed by atoms with Gasteiger partial charge in [-0.3, -0.25) is 14.5 Å². The van der Waals surface area contributed by atoms with Crippen molar-refractivity contribution in [2.45, 2.75) is 38.6 Å². The smallest absolute Gasteiger partial charge is 0.294 e. The van der Waals surface area contributed by atoms with Crippen LogP contribution in [0.25, 0.3) is 6.08 Å². The first-order valence-corrected chi connectivity index (χ1v) is 9.76. The van der Waals surface area contributed by atoms with Crippen LogP contribution in [-0.2, 0) is 9.59 Å². The molecule has 28 heavy (non-hydrogen) atoms. The lowest BCUT2D eigenvalue weighted by Crippen LogP contribution is -2.46. The highest BCUT2D eigenvalue weighted by Gasteiger charge is 2.32. The highest BCUT2D eigenvalue weighted by Crippen LogP contribution is 2.35. The summed E-state index contributed by atoms with van der Waals surface area (Å²) in [6.07, 6.45) is 6.05. The predicted molar refractivity (Wildman–Crippen MR) is 109 cm³/mol. The van der Waals surface area contributed by atoms with Gasteiger partial charge < -0.3 is 10.1 Å². The fraction of sp³-hybridized carbons (Fsp3) is 0.304. The number of carbonyl (C=O) groups excluding carboxylic acids is 2. The molecule has 5 nitrogen and oxygen atoms in total. The fourth-order valence-corrected chi connectivity index (χ4v) is 3.82. The van der Waals surface area contributed by atoms with Crippen molar-refractivity contribution in [3.8, 4) is 5.75 Å². The van der Waals surface area contributed by atoms with Crippen LogP contribution < -0.4 is 15.0 Å². The second-order valence-corrected chi connectivity index (χ2v) is 7.43. The van der Waals surface area contributed by atoms with Crippen molar-refractivity contribution in [1.29, 1.82) is 0 Å². The van der Waals surface area contributed by atoms with E-state index in [4.69, 9.17) is 4.74 Å². The standard InChI is InChI=1S/C23H24N2O3/c1-16-7-6-8-17(13-16)14-21-23(27)25(19-11-4-5-12-20(19)28-21)15-22(26)24-18-9-2-3-10-18/h4-8,11-14,18H,2-3,9-10,15H2,1H3,(H,24,26). The van der Waals surface area contributed by atoms with Crippen molar-refractivity contribution in [1.82, 2.24) is 5.32 Å². The fourth-order valence-electron chi connectivity index (χ4n) is 3.82. The summed E-state index contributed by atoms with van der Waals surface area (Å²) in [7, 11) is 0. The Balaban J connectivity index is 1.60. The van der Waals surface area contributed by atoms with Gasteiger partial charge in [-0.25, -0.2) is 0 Å². The van der Waals surface area contributed by atoms with E-state index < -0.39 is 0 Å². The van der Waals surface area contributed by atoms with Crippen LogP contribution in [0, 0.1) is 6.92 Å². The molecule has 1 fully saturated rings. The lowest BCUT2D eigenvalue weighted by Gasteiger charge is -2.30. The monoisotopic (exact) mass is 376 g/mol. The van der Waals surface area contributed by atoms with Crippen molar-refractivity contribution in [2.24, 2.45) is 0 Å². The van der Waals surface area contributed by atoms with Gasteiger partial charge in [-0.05, 0) is 43.5 Å². The largest absolute Gasteiger partial charge is 0.449 e. The number of carbonyl (C=O) groups is 2. The molecule has 2 amide bonds. The number of fused-ring (bicyclic) bond motifs is 1. The van der Waals surface area contributed by atoms with Gasteiger partial charge in [0.15, 0.2) is 11.5 Å². The number of nitrogens with zero attached hydrogens (tertiary/aromatic N) is 1. The van der Waals surface area contributed by atoms with Crippen LogP contribution in [0.5, 0.6) is 5.75 Å². The Kier molecular flexibility index (Phi) is 5.15. The molecule has 0 atom stereocenters. The number of anilines is 1. The molecule has 1 N–H and O–H groups in total. The minimum atomic E-state index is -0.304. The summed E-state index contributed by atoms with van der Waals surface area (Å²) in [4.78, 5) is 27.2. The minimum Gasteiger partial charge on any atom is -0.449 e. The van der Waals surface area contributed by atoms with Crippen molar-refractivity contribution < 1.29 is 14.3 Å². The maximum atomic E-state index is 13.1. The van der Waals surface area contributed by atoms with Gasteiger partial charge >= 0.3 is 0 Å². The summed E-state index contributed by atoms with van der Waals surface area (Å²) in [5.41, 5.74) is 2.61. The van der Waals surface area contributed by atoms with Crippen LogP contribution >= 0.6 is 0 Å². The molecule has 1 heterocycles. The van der Waals surface area contributed by atoms with Gasteiger partial charge in [0.05, 0.1) is 5.69 Å². The van der Waals surface area contributed by atoms with Crippen LogP contribution in [0.15, 0.2) is 54.3 Å². The topological polar surface area (TPSA) is 58.6 Å². The molecule has 2 aromatic rings. The van der Waals surface area contributed by atoms with Crippen LogP contribution in [0.4, 0.5) is 5.69 Å². The molecule has 2 aliphatic rings. The van der Waals surface area contributed by atoms with Crippen molar-refractivity contribution >= 4 is 23.6 Å². The Morgan fingerprint density at radius 2 is 1.96 bits per heavy atom. The molecular weight excluding hydrogens is 352 g/mol. The third-order valence-corrected chi connectivity index (χ3v) is 5.19. The molecule has 144 valence electrons. The number of nitrogens with one attached hydrogen (secondary N) is 1. The number of benzene rings is 2. The lowest BCUT2D eigenvalue weighted by atomic mass is 10.1. The zero-order valence-corrected chi connectivity index (χ0v) is 16.0.